The molecule has 94 valence electrons. The lowest BCUT2D eigenvalue weighted by Gasteiger charge is -2.26. The Morgan fingerprint density at radius 3 is 2.50 bits per heavy atom. The van der Waals surface area contributed by atoms with Crippen LogP contribution in [0.15, 0.2) is 0 Å². The molecule has 2 aliphatic carbocycles. The molecular formula is C14H27NO. The van der Waals surface area contributed by atoms with Gasteiger partial charge >= 0.3 is 0 Å². The molecule has 2 fully saturated rings. The second-order valence-corrected chi connectivity index (χ2v) is 5.78. The predicted molar refractivity (Wildman–Crippen MR) is 67.5 cm³/mol. The molecule has 2 saturated carbocycles. The Labute approximate surface area is 100 Å². The second kappa shape index (κ2) is 5.50. The van der Waals surface area contributed by atoms with Crippen LogP contribution < -0.4 is 5.32 Å². The summed E-state index contributed by atoms with van der Waals surface area (Å²) in [6.07, 6.45) is 6.93. The second-order valence-electron chi connectivity index (χ2n) is 5.78. The van der Waals surface area contributed by atoms with Gasteiger partial charge in [-0.3, -0.25) is 0 Å². The third kappa shape index (κ3) is 2.78. The Kier molecular flexibility index (Phi) is 4.26. The summed E-state index contributed by atoms with van der Waals surface area (Å²) in [5.74, 6) is 2.69. The fraction of sp³-hybridized carbons (Fsp3) is 1.00. The highest BCUT2D eigenvalue weighted by atomic mass is 16.5. The molecule has 0 aliphatic heterocycles. The predicted octanol–water partition coefficient (Wildman–Crippen LogP) is 2.83. The van der Waals surface area contributed by atoms with Crippen LogP contribution in [0.25, 0.3) is 0 Å². The zero-order chi connectivity index (χ0) is 11.5. The van der Waals surface area contributed by atoms with Crippen molar-refractivity contribution in [2.45, 2.75) is 58.0 Å². The smallest absolute Gasteiger partial charge is 0.0618 e. The topological polar surface area (TPSA) is 21.3 Å². The molecule has 0 amide bonds. The molecule has 2 rings (SSSR count). The summed E-state index contributed by atoms with van der Waals surface area (Å²) in [5, 5.41) is 3.87. The van der Waals surface area contributed by atoms with E-state index in [-0.39, 0.29) is 0 Å². The van der Waals surface area contributed by atoms with E-state index in [1.165, 1.54) is 32.1 Å². The van der Waals surface area contributed by atoms with Gasteiger partial charge in [0.15, 0.2) is 0 Å². The van der Waals surface area contributed by atoms with Crippen molar-refractivity contribution in [1.82, 2.24) is 5.32 Å². The van der Waals surface area contributed by atoms with Crippen LogP contribution in [0, 0.1) is 17.8 Å². The van der Waals surface area contributed by atoms with E-state index in [0.717, 1.165) is 30.4 Å². The van der Waals surface area contributed by atoms with E-state index >= 15 is 0 Å². The molecule has 16 heavy (non-hydrogen) atoms. The molecular weight excluding hydrogens is 198 g/mol. The van der Waals surface area contributed by atoms with Crippen LogP contribution in [0.2, 0.25) is 0 Å². The van der Waals surface area contributed by atoms with Gasteiger partial charge in [0.1, 0.15) is 0 Å². The van der Waals surface area contributed by atoms with Crippen LogP contribution >= 0.6 is 0 Å². The van der Waals surface area contributed by atoms with Crippen molar-refractivity contribution in [2.75, 3.05) is 13.7 Å². The van der Waals surface area contributed by atoms with E-state index in [1.807, 2.05) is 7.11 Å². The summed E-state index contributed by atoms with van der Waals surface area (Å²) >= 11 is 0. The molecule has 0 heterocycles. The van der Waals surface area contributed by atoms with Crippen molar-refractivity contribution in [3.8, 4) is 0 Å². The van der Waals surface area contributed by atoms with Crippen molar-refractivity contribution in [2.24, 2.45) is 17.8 Å². The van der Waals surface area contributed by atoms with E-state index in [4.69, 9.17) is 4.74 Å². The molecule has 4 atom stereocenters. The SMILES string of the molecule is CCC1CCC(NC(COC)C2CC2)C1C. The maximum absolute atomic E-state index is 5.34. The Morgan fingerprint density at radius 2 is 2.00 bits per heavy atom. The van der Waals surface area contributed by atoms with Gasteiger partial charge in [-0.1, -0.05) is 20.3 Å². The summed E-state index contributed by atoms with van der Waals surface area (Å²) < 4.78 is 5.34. The zero-order valence-corrected chi connectivity index (χ0v) is 11.0. The third-order valence-corrected chi connectivity index (χ3v) is 4.72. The largest absolute Gasteiger partial charge is 0.383 e. The highest BCUT2D eigenvalue weighted by molar-refractivity contribution is 4.93. The van der Waals surface area contributed by atoms with Crippen molar-refractivity contribution in [1.29, 1.82) is 0 Å². The summed E-state index contributed by atoms with van der Waals surface area (Å²) in [4.78, 5) is 0. The summed E-state index contributed by atoms with van der Waals surface area (Å²) in [6.45, 7) is 5.65. The van der Waals surface area contributed by atoms with Gasteiger partial charge in [-0.2, -0.15) is 0 Å². The van der Waals surface area contributed by atoms with Crippen molar-refractivity contribution in [3.05, 3.63) is 0 Å². The first-order chi connectivity index (χ1) is 7.76. The average Bonchev–Trinajstić information content (AvgIpc) is 3.06. The summed E-state index contributed by atoms with van der Waals surface area (Å²) in [5.41, 5.74) is 0. The number of methoxy groups -OCH3 is 1. The fourth-order valence-corrected chi connectivity index (χ4v) is 3.33. The average molecular weight is 225 g/mol. The molecule has 1 N–H and O–H groups in total. The van der Waals surface area contributed by atoms with E-state index in [0.29, 0.717) is 6.04 Å². The minimum atomic E-state index is 0.619. The highest BCUT2D eigenvalue weighted by Gasteiger charge is 2.37. The molecule has 2 aliphatic rings. The van der Waals surface area contributed by atoms with E-state index in [2.05, 4.69) is 19.2 Å². The molecule has 0 spiro atoms. The Balaban J connectivity index is 1.83. The number of hydrogen-bond donors (Lipinski definition) is 1. The van der Waals surface area contributed by atoms with Crippen molar-refractivity contribution in [3.63, 3.8) is 0 Å². The number of hydrogen-bond acceptors (Lipinski definition) is 2. The molecule has 0 bridgehead atoms. The van der Waals surface area contributed by atoms with Gasteiger partial charge in [-0.15, -0.1) is 0 Å². The van der Waals surface area contributed by atoms with Crippen LogP contribution in [0.3, 0.4) is 0 Å². The first kappa shape index (κ1) is 12.4. The Hall–Kier alpha value is -0.0800. The lowest BCUT2D eigenvalue weighted by atomic mass is 9.93. The van der Waals surface area contributed by atoms with Crippen LogP contribution in [0.4, 0.5) is 0 Å². The highest BCUT2D eigenvalue weighted by Crippen LogP contribution is 2.37. The summed E-state index contributed by atoms with van der Waals surface area (Å²) in [6, 6.07) is 1.36. The molecule has 2 heteroatoms. The molecule has 0 aromatic carbocycles. The number of ether oxygens (including phenoxy) is 1. The van der Waals surface area contributed by atoms with Gasteiger partial charge in [0.25, 0.3) is 0 Å². The van der Waals surface area contributed by atoms with Gasteiger partial charge in [-0.25, -0.2) is 0 Å². The summed E-state index contributed by atoms with van der Waals surface area (Å²) in [7, 11) is 1.82. The number of nitrogens with one attached hydrogen (secondary N) is 1. The molecule has 4 unspecified atom stereocenters. The monoisotopic (exact) mass is 225 g/mol. The molecule has 0 saturated heterocycles. The standard InChI is InChI=1S/C14H27NO/c1-4-11-7-8-13(10(11)2)15-14(9-16-3)12-5-6-12/h10-15H,4-9H2,1-3H3. The van der Waals surface area contributed by atoms with Crippen molar-refractivity contribution >= 4 is 0 Å². The maximum Gasteiger partial charge on any atom is 0.0618 e. The lowest BCUT2D eigenvalue weighted by molar-refractivity contribution is 0.146. The lowest BCUT2D eigenvalue weighted by Crippen LogP contribution is -2.44. The fourth-order valence-electron chi connectivity index (χ4n) is 3.33. The number of rotatable bonds is 6. The van der Waals surface area contributed by atoms with Crippen LogP contribution in [-0.4, -0.2) is 25.8 Å². The maximum atomic E-state index is 5.34. The van der Waals surface area contributed by atoms with E-state index in [9.17, 15) is 0 Å². The van der Waals surface area contributed by atoms with Gasteiger partial charge in [-0.05, 0) is 43.4 Å². The Morgan fingerprint density at radius 1 is 1.25 bits per heavy atom. The van der Waals surface area contributed by atoms with E-state index in [1.54, 1.807) is 0 Å². The Bertz CT molecular complexity index is 215. The quantitative estimate of drug-likeness (QED) is 0.750. The van der Waals surface area contributed by atoms with Crippen LogP contribution in [0.1, 0.15) is 46.0 Å². The van der Waals surface area contributed by atoms with Crippen molar-refractivity contribution < 1.29 is 4.74 Å². The molecule has 0 aromatic heterocycles. The zero-order valence-electron chi connectivity index (χ0n) is 11.0. The van der Waals surface area contributed by atoms with Crippen LogP contribution in [-0.2, 0) is 4.74 Å². The van der Waals surface area contributed by atoms with Gasteiger partial charge in [0.05, 0.1) is 6.61 Å². The van der Waals surface area contributed by atoms with E-state index < -0.39 is 0 Å². The van der Waals surface area contributed by atoms with Gasteiger partial charge < -0.3 is 10.1 Å². The first-order valence-electron chi connectivity index (χ1n) is 7.01. The van der Waals surface area contributed by atoms with Gasteiger partial charge in [0.2, 0.25) is 0 Å². The molecule has 0 radical (unpaired) electrons. The molecule has 0 aromatic rings. The molecule has 2 nitrogen and oxygen atoms in total. The normalized spacial score (nSPS) is 36.6. The minimum Gasteiger partial charge on any atom is -0.383 e. The third-order valence-electron chi connectivity index (χ3n) is 4.72. The minimum absolute atomic E-state index is 0.619. The first-order valence-corrected chi connectivity index (χ1v) is 7.01. The van der Waals surface area contributed by atoms with Crippen LogP contribution in [0.5, 0.6) is 0 Å². The van der Waals surface area contributed by atoms with Gasteiger partial charge in [0, 0.05) is 19.2 Å².